The molecule has 1 N–H and O–H groups in total. The summed E-state index contributed by atoms with van der Waals surface area (Å²) in [4.78, 5) is 14.3. The molecule has 0 radical (unpaired) electrons. The monoisotopic (exact) mass is 315 g/mol. The second-order valence-corrected chi connectivity index (χ2v) is 6.57. The second-order valence-electron chi connectivity index (χ2n) is 6.57. The molecule has 0 fully saturated rings. The Bertz CT molecular complexity index is 629. The van der Waals surface area contributed by atoms with Crippen molar-refractivity contribution in [2.45, 2.75) is 38.8 Å². The Hall–Kier alpha value is -2.14. The van der Waals surface area contributed by atoms with E-state index >= 15 is 0 Å². The van der Waals surface area contributed by atoms with Crippen molar-refractivity contribution in [3.05, 3.63) is 53.9 Å². The van der Waals surface area contributed by atoms with Crippen molar-refractivity contribution in [3.63, 3.8) is 0 Å². The molecule has 23 heavy (non-hydrogen) atoms. The van der Waals surface area contributed by atoms with E-state index in [0.29, 0.717) is 25.9 Å². The van der Waals surface area contributed by atoms with Gasteiger partial charge in [0.25, 0.3) is 0 Å². The Kier molecular flexibility index (Phi) is 5.55. The fraction of sp³-hybridized carbons (Fsp3) is 0.444. The smallest absolute Gasteiger partial charge is 0.223 e. The SMILES string of the molecule is Cn1cc(CCC(=O)N(Cc2ccccc2)CC(C)(C)O)cn1. The molecule has 5 heteroatoms. The van der Waals surface area contributed by atoms with E-state index in [-0.39, 0.29) is 5.91 Å². The Labute approximate surface area is 137 Å². The van der Waals surface area contributed by atoms with Crippen molar-refractivity contribution >= 4 is 5.91 Å². The van der Waals surface area contributed by atoms with Gasteiger partial charge in [0.1, 0.15) is 0 Å². The van der Waals surface area contributed by atoms with Crippen molar-refractivity contribution in [2.75, 3.05) is 6.54 Å². The zero-order valence-corrected chi connectivity index (χ0v) is 14.1. The van der Waals surface area contributed by atoms with Crippen molar-refractivity contribution in [1.82, 2.24) is 14.7 Å². The number of carbonyl (C=O) groups is 1. The molecule has 0 bridgehead atoms. The van der Waals surface area contributed by atoms with Crippen LogP contribution in [0.2, 0.25) is 0 Å². The zero-order chi connectivity index (χ0) is 16.9. The van der Waals surface area contributed by atoms with Gasteiger partial charge in [0, 0.05) is 32.8 Å². The molecule has 0 aliphatic rings. The van der Waals surface area contributed by atoms with Gasteiger partial charge in [-0.15, -0.1) is 0 Å². The van der Waals surface area contributed by atoms with Crippen LogP contribution < -0.4 is 0 Å². The molecule has 0 aliphatic carbocycles. The summed E-state index contributed by atoms with van der Waals surface area (Å²) in [6.07, 6.45) is 4.77. The van der Waals surface area contributed by atoms with Crippen molar-refractivity contribution in [2.24, 2.45) is 7.05 Å². The lowest BCUT2D eigenvalue weighted by atomic mass is 10.1. The van der Waals surface area contributed by atoms with Gasteiger partial charge in [-0.1, -0.05) is 30.3 Å². The molecule has 1 aromatic heterocycles. The van der Waals surface area contributed by atoms with Gasteiger partial charge in [0.05, 0.1) is 11.8 Å². The number of aliphatic hydroxyl groups is 1. The van der Waals surface area contributed by atoms with Crippen LogP contribution in [0.15, 0.2) is 42.7 Å². The molecular formula is C18H25N3O2. The van der Waals surface area contributed by atoms with Gasteiger partial charge in [0.15, 0.2) is 0 Å². The highest BCUT2D eigenvalue weighted by molar-refractivity contribution is 5.76. The van der Waals surface area contributed by atoms with E-state index in [2.05, 4.69) is 5.10 Å². The topological polar surface area (TPSA) is 58.4 Å². The normalized spacial score (nSPS) is 11.5. The molecule has 0 spiro atoms. The summed E-state index contributed by atoms with van der Waals surface area (Å²) in [5.74, 6) is 0.0415. The van der Waals surface area contributed by atoms with E-state index in [1.54, 1.807) is 29.6 Å². The maximum atomic E-state index is 12.6. The highest BCUT2D eigenvalue weighted by atomic mass is 16.3. The summed E-state index contributed by atoms with van der Waals surface area (Å²) in [7, 11) is 1.86. The average molecular weight is 315 g/mol. The lowest BCUT2D eigenvalue weighted by Gasteiger charge is -2.29. The number of carbonyl (C=O) groups excluding carboxylic acids is 1. The molecule has 2 rings (SSSR count). The van der Waals surface area contributed by atoms with Gasteiger partial charge in [-0.3, -0.25) is 9.48 Å². The largest absolute Gasteiger partial charge is 0.389 e. The lowest BCUT2D eigenvalue weighted by molar-refractivity contribution is -0.134. The number of aryl methyl sites for hydroxylation is 2. The average Bonchev–Trinajstić information content (AvgIpc) is 2.89. The van der Waals surface area contributed by atoms with E-state index in [4.69, 9.17) is 0 Å². The van der Waals surface area contributed by atoms with Crippen LogP contribution in [0.5, 0.6) is 0 Å². The summed E-state index contributed by atoms with van der Waals surface area (Å²) in [5.41, 5.74) is 1.19. The molecular weight excluding hydrogens is 290 g/mol. The number of hydrogen-bond donors (Lipinski definition) is 1. The highest BCUT2D eigenvalue weighted by Crippen LogP contribution is 2.13. The summed E-state index contributed by atoms with van der Waals surface area (Å²) in [6.45, 7) is 4.27. The fourth-order valence-electron chi connectivity index (χ4n) is 2.51. The first-order valence-electron chi connectivity index (χ1n) is 7.85. The molecule has 0 unspecified atom stereocenters. The van der Waals surface area contributed by atoms with Crippen LogP contribution in [-0.2, 0) is 24.8 Å². The van der Waals surface area contributed by atoms with Crippen LogP contribution in [0.25, 0.3) is 0 Å². The molecule has 1 aromatic carbocycles. The molecule has 0 aliphatic heterocycles. The number of benzene rings is 1. The van der Waals surface area contributed by atoms with E-state index in [1.807, 2.05) is 43.6 Å². The summed E-state index contributed by atoms with van der Waals surface area (Å²) in [6, 6.07) is 9.85. The van der Waals surface area contributed by atoms with E-state index in [1.165, 1.54) is 0 Å². The van der Waals surface area contributed by atoms with Crippen LogP contribution in [0.4, 0.5) is 0 Å². The number of hydrogen-bond acceptors (Lipinski definition) is 3. The first-order chi connectivity index (χ1) is 10.8. The van der Waals surface area contributed by atoms with Gasteiger partial charge in [-0.25, -0.2) is 0 Å². The first-order valence-corrected chi connectivity index (χ1v) is 7.85. The minimum absolute atomic E-state index is 0.0415. The van der Waals surface area contributed by atoms with E-state index in [9.17, 15) is 9.90 Å². The lowest BCUT2D eigenvalue weighted by Crippen LogP contribution is -2.41. The summed E-state index contributed by atoms with van der Waals surface area (Å²) >= 11 is 0. The van der Waals surface area contributed by atoms with Gasteiger partial charge in [0.2, 0.25) is 5.91 Å². The Morgan fingerprint density at radius 2 is 1.96 bits per heavy atom. The standard InChI is InChI=1S/C18H25N3O2/c1-18(2,23)14-21(13-15-7-5-4-6-8-15)17(22)10-9-16-11-19-20(3)12-16/h4-8,11-12,23H,9-10,13-14H2,1-3H3. The van der Waals surface area contributed by atoms with Crippen LogP contribution in [0.1, 0.15) is 31.4 Å². The Morgan fingerprint density at radius 3 is 2.52 bits per heavy atom. The van der Waals surface area contributed by atoms with Crippen LogP contribution in [0.3, 0.4) is 0 Å². The molecule has 0 saturated carbocycles. The fourth-order valence-corrected chi connectivity index (χ4v) is 2.51. The number of amides is 1. The van der Waals surface area contributed by atoms with Crippen LogP contribution >= 0.6 is 0 Å². The van der Waals surface area contributed by atoms with Gasteiger partial charge < -0.3 is 10.0 Å². The predicted octanol–water partition coefficient (Wildman–Crippen LogP) is 2.15. The van der Waals surface area contributed by atoms with Crippen molar-refractivity contribution in [1.29, 1.82) is 0 Å². The maximum absolute atomic E-state index is 12.6. The third-order valence-corrected chi connectivity index (χ3v) is 3.53. The molecule has 0 atom stereocenters. The van der Waals surface area contributed by atoms with E-state index in [0.717, 1.165) is 11.1 Å². The van der Waals surface area contributed by atoms with E-state index < -0.39 is 5.60 Å². The second kappa shape index (κ2) is 7.42. The number of nitrogens with zero attached hydrogens (tertiary/aromatic N) is 3. The van der Waals surface area contributed by atoms with Crippen molar-refractivity contribution < 1.29 is 9.90 Å². The number of aromatic nitrogens is 2. The minimum atomic E-state index is -0.918. The van der Waals surface area contributed by atoms with Gasteiger partial charge in [-0.05, 0) is 31.4 Å². The molecule has 2 aromatic rings. The zero-order valence-electron chi connectivity index (χ0n) is 14.1. The number of rotatable bonds is 7. The molecule has 5 nitrogen and oxygen atoms in total. The molecule has 1 amide bonds. The van der Waals surface area contributed by atoms with Gasteiger partial charge >= 0.3 is 0 Å². The minimum Gasteiger partial charge on any atom is -0.389 e. The quantitative estimate of drug-likeness (QED) is 0.852. The first kappa shape index (κ1) is 17.2. The maximum Gasteiger partial charge on any atom is 0.223 e. The Balaban J connectivity index is 2.01. The van der Waals surface area contributed by atoms with Crippen LogP contribution in [-0.4, -0.2) is 37.8 Å². The molecule has 124 valence electrons. The molecule has 0 saturated heterocycles. The Morgan fingerprint density at radius 1 is 1.26 bits per heavy atom. The van der Waals surface area contributed by atoms with Crippen molar-refractivity contribution in [3.8, 4) is 0 Å². The summed E-state index contributed by atoms with van der Waals surface area (Å²) in [5, 5.41) is 14.2. The third kappa shape index (κ3) is 5.87. The highest BCUT2D eigenvalue weighted by Gasteiger charge is 2.22. The van der Waals surface area contributed by atoms with Crippen LogP contribution in [0, 0.1) is 0 Å². The summed E-state index contributed by atoms with van der Waals surface area (Å²) < 4.78 is 1.73. The third-order valence-electron chi connectivity index (χ3n) is 3.53. The molecule has 1 heterocycles. The van der Waals surface area contributed by atoms with Gasteiger partial charge in [-0.2, -0.15) is 5.10 Å². The predicted molar refractivity (Wildman–Crippen MR) is 89.7 cm³/mol.